The van der Waals surface area contributed by atoms with E-state index < -0.39 is 0 Å². The van der Waals surface area contributed by atoms with Gasteiger partial charge in [-0.2, -0.15) is 5.10 Å². The van der Waals surface area contributed by atoms with Crippen molar-refractivity contribution in [1.82, 2.24) is 9.78 Å². The molecule has 0 aliphatic heterocycles. The second kappa shape index (κ2) is 8.61. The number of fused-ring (bicyclic) bond motifs is 1. The molecular formula is C26H27ClN2O. The van der Waals surface area contributed by atoms with Gasteiger partial charge >= 0.3 is 0 Å². The van der Waals surface area contributed by atoms with E-state index in [-0.39, 0.29) is 5.91 Å². The van der Waals surface area contributed by atoms with Crippen molar-refractivity contribution in [3.05, 3.63) is 82.5 Å². The summed E-state index contributed by atoms with van der Waals surface area (Å²) >= 11 is 5.96. The molecule has 1 aliphatic rings. The largest absolute Gasteiger partial charge is 0.271 e. The minimum atomic E-state index is -0.108. The molecule has 3 nitrogen and oxygen atoms in total. The minimum Gasteiger partial charge on any atom is -0.267 e. The van der Waals surface area contributed by atoms with Gasteiger partial charge in [-0.1, -0.05) is 74.8 Å². The lowest BCUT2D eigenvalue weighted by Crippen LogP contribution is -2.23. The topological polar surface area (TPSA) is 34.9 Å². The summed E-state index contributed by atoms with van der Waals surface area (Å²) in [5.41, 5.74) is 5.27. The highest BCUT2D eigenvalue weighted by Gasteiger charge is 2.35. The molecule has 30 heavy (non-hydrogen) atoms. The Morgan fingerprint density at radius 2 is 1.80 bits per heavy atom. The van der Waals surface area contributed by atoms with Crippen molar-refractivity contribution in [2.24, 2.45) is 5.92 Å². The van der Waals surface area contributed by atoms with Crippen molar-refractivity contribution in [2.75, 3.05) is 0 Å². The maximum absolute atomic E-state index is 13.3. The Hall–Kier alpha value is -2.65. The summed E-state index contributed by atoms with van der Waals surface area (Å²) in [5.74, 6) is 1.05. The van der Waals surface area contributed by atoms with Crippen LogP contribution in [0.4, 0.5) is 0 Å². The molecule has 4 rings (SSSR count). The molecule has 2 unspecified atom stereocenters. The summed E-state index contributed by atoms with van der Waals surface area (Å²) < 4.78 is 1.66. The monoisotopic (exact) mass is 418 g/mol. The molecule has 2 atom stereocenters. The normalized spacial score (nSPS) is 18.7. The fraction of sp³-hybridized carbons (Fsp3) is 0.308. The van der Waals surface area contributed by atoms with Crippen molar-refractivity contribution in [3.8, 4) is 11.3 Å². The third kappa shape index (κ3) is 3.99. The molecule has 1 heterocycles. The highest BCUT2D eigenvalue weighted by molar-refractivity contribution is 6.30. The Labute approximate surface area is 183 Å². The van der Waals surface area contributed by atoms with Crippen LogP contribution in [-0.2, 0) is 0 Å². The highest BCUT2D eigenvalue weighted by atomic mass is 35.5. The van der Waals surface area contributed by atoms with Gasteiger partial charge in [-0.15, -0.1) is 0 Å². The number of carbonyl (C=O) groups excluding carboxylic acids is 1. The molecule has 0 saturated heterocycles. The molecule has 1 aliphatic carbocycles. The molecule has 0 N–H and O–H groups in total. The van der Waals surface area contributed by atoms with E-state index in [4.69, 9.17) is 16.7 Å². The smallest absolute Gasteiger partial charge is 0.267 e. The third-order valence-corrected chi connectivity index (χ3v) is 6.32. The Balaban J connectivity index is 1.80. The minimum absolute atomic E-state index is 0.108. The van der Waals surface area contributed by atoms with Crippen LogP contribution >= 0.6 is 11.6 Å². The average molecular weight is 419 g/mol. The molecule has 0 bridgehead atoms. The van der Waals surface area contributed by atoms with E-state index in [2.05, 4.69) is 32.9 Å². The molecule has 1 aromatic heterocycles. The van der Waals surface area contributed by atoms with Crippen LogP contribution in [0.25, 0.3) is 17.3 Å². The van der Waals surface area contributed by atoms with Gasteiger partial charge in [0.25, 0.3) is 5.91 Å². The number of halogens is 1. The lowest BCUT2D eigenvalue weighted by atomic mass is 9.75. The van der Waals surface area contributed by atoms with Crippen molar-refractivity contribution >= 4 is 23.6 Å². The number of nitrogens with zero attached hydrogens (tertiary/aromatic N) is 2. The summed E-state index contributed by atoms with van der Waals surface area (Å²) in [4.78, 5) is 13.3. The van der Waals surface area contributed by atoms with E-state index in [9.17, 15) is 4.79 Å². The lowest BCUT2D eigenvalue weighted by Gasteiger charge is -2.30. The maximum atomic E-state index is 13.3. The fourth-order valence-corrected chi connectivity index (χ4v) is 4.56. The molecule has 154 valence electrons. The molecule has 0 saturated carbocycles. The van der Waals surface area contributed by atoms with E-state index in [1.54, 1.807) is 10.8 Å². The van der Waals surface area contributed by atoms with Crippen molar-refractivity contribution in [1.29, 1.82) is 0 Å². The van der Waals surface area contributed by atoms with Gasteiger partial charge in [-0.05, 0) is 48.4 Å². The summed E-state index contributed by atoms with van der Waals surface area (Å²) in [6.45, 7) is 6.72. The molecule has 4 heteroatoms. The number of hydrogen-bond donors (Lipinski definition) is 0. The highest BCUT2D eigenvalue weighted by Crippen LogP contribution is 2.46. The van der Waals surface area contributed by atoms with Gasteiger partial charge in [-0.3, -0.25) is 4.79 Å². The van der Waals surface area contributed by atoms with Gasteiger partial charge in [0.2, 0.25) is 0 Å². The van der Waals surface area contributed by atoms with Crippen LogP contribution in [0, 0.1) is 5.92 Å². The van der Waals surface area contributed by atoms with E-state index >= 15 is 0 Å². The first-order valence-electron chi connectivity index (χ1n) is 10.6. The van der Waals surface area contributed by atoms with Gasteiger partial charge in [0.05, 0.1) is 11.4 Å². The molecular weight excluding hydrogens is 392 g/mol. The standard InChI is InChI=1S/C26H27ClN2O/c1-17(2)22-15-9-18(3)24-25(20-7-5-4-6-8-20)28-29(26(22)24)23(30)16-12-19-10-13-21(27)14-11-19/h4-8,10-14,16-18,22H,9,15H2,1-3H3/b16-12+. The van der Waals surface area contributed by atoms with Gasteiger partial charge < -0.3 is 0 Å². The first kappa shape index (κ1) is 20.6. The van der Waals surface area contributed by atoms with Gasteiger partial charge in [0, 0.05) is 28.1 Å². The Bertz CT molecular complexity index is 1060. The fourth-order valence-electron chi connectivity index (χ4n) is 4.43. The van der Waals surface area contributed by atoms with Crippen molar-refractivity contribution in [3.63, 3.8) is 0 Å². The van der Waals surface area contributed by atoms with Crippen LogP contribution in [0.15, 0.2) is 60.7 Å². The molecule has 3 aromatic rings. The van der Waals surface area contributed by atoms with Crippen LogP contribution in [0.1, 0.15) is 67.1 Å². The van der Waals surface area contributed by atoms with E-state index in [0.717, 1.165) is 35.4 Å². The van der Waals surface area contributed by atoms with Gasteiger partial charge in [-0.25, -0.2) is 4.68 Å². The Kier molecular flexibility index (Phi) is 5.92. The summed E-state index contributed by atoms with van der Waals surface area (Å²) in [5, 5.41) is 5.55. The van der Waals surface area contributed by atoms with E-state index in [1.807, 2.05) is 48.5 Å². The number of benzene rings is 2. The van der Waals surface area contributed by atoms with Crippen LogP contribution in [0.3, 0.4) is 0 Å². The zero-order valence-corrected chi connectivity index (χ0v) is 18.4. The molecule has 0 fully saturated rings. The van der Waals surface area contributed by atoms with Crippen molar-refractivity contribution < 1.29 is 4.79 Å². The van der Waals surface area contributed by atoms with Gasteiger partial charge in [0.1, 0.15) is 0 Å². The van der Waals surface area contributed by atoms with E-state index in [1.165, 1.54) is 5.56 Å². The lowest BCUT2D eigenvalue weighted by molar-refractivity contribution is 0.0947. The zero-order valence-electron chi connectivity index (χ0n) is 17.7. The van der Waals surface area contributed by atoms with Crippen molar-refractivity contribution in [2.45, 2.75) is 45.4 Å². The van der Waals surface area contributed by atoms with Crippen LogP contribution in [0.5, 0.6) is 0 Å². The quantitative estimate of drug-likeness (QED) is 0.420. The summed E-state index contributed by atoms with van der Waals surface area (Å²) in [7, 11) is 0. The number of allylic oxidation sites excluding steroid dienone is 1. The molecule has 0 spiro atoms. The third-order valence-electron chi connectivity index (χ3n) is 6.06. The van der Waals surface area contributed by atoms with Crippen LogP contribution in [-0.4, -0.2) is 15.7 Å². The van der Waals surface area contributed by atoms with Crippen LogP contribution in [0.2, 0.25) is 5.02 Å². The average Bonchev–Trinajstić information content (AvgIpc) is 3.15. The molecule has 0 amide bonds. The Morgan fingerprint density at radius 1 is 1.10 bits per heavy atom. The first-order chi connectivity index (χ1) is 14.5. The number of aromatic nitrogens is 2. The second-order valence-corrected chi connectivity index (χ2v) is 8.91. The number of hydrogen-bond acceptors (Lipinski definition) is 2. The first-order valence-corrected chi connectivity index (χ1v) is 11.0. The zero-order chi connectivity index (χ0) is 21.3. The molecule has 0 radical (unpaired) electrons. The number of carbonyl (C=O) groups is 1. The summed E-state index contributed by atoms with van der Waals surface area (Å²) in [6.07, 6.45) is 5.64. The number of rotatable bonds is 4. The van der Waals surface area contributed by atoms with Gasteiger partial charge in [0.15, 0.2) is 0 Å². The molecule has 2 aromatic carbocycles. The SMILES string of the molecule is CC1CCC(C(C)C)c2c1c(-c1ccccc1)nn2C(=O)/C=C/c1ccc(Cl)cc1. The van der Waals surface area contributed by atoms with Crippen LogP contribution < -0.4 is 0 Å². The Morgan fingerprint density at radius 3 is 2.47 bits per heavy atom. The summed E-state index contributed by atoms with van der Waals surface area (Å²) in [6, 6.07) is 17.7. The predicted octanol–water partition coefficient (Wildman–Crippen LogP) is 7.19. The second-order valence-electron chi connectivity index (χ2n) is 8.48. The predicted molar refractivity (Wildman–Crippen MR) is 124 cm³/mol. The maximum Gasteiger partial charge on any atom is 0.271 e. The van der Waals surface area contributed by atoms with E-state index in [0.29, 0.717) is 22.8 Å².